The molecule has 2 N–H and O–H groups in total. The molecule has 35 heavy (non-hydrogen) atoms. The Hall–Kier alpha value is -3.11. The molecule has 1 aliphatic rings. The number of aromatic nitrogens is 2. The fourth-order valence-electron chi connectivity index (χ4n) is 4.21. The van der Waals surface area contributed by atoms with Crippen molar-refractivity contribution in [1.82, 2.24) is 15.1 Å². The number of likely N-dealkylation sites (tertiary alicyclic amines) is 1. The standard InChI is InChI=1S/C25H29F3N4O3/c1-34-20-7-8-21-22(15-20)24(31-30-23(21)25(26,27)28)29-18-9-11-32(12-10-18)16-17-3-5-19(6-4-17)35-14-2-13-33/h3-8,15,18,33H,2,9-14,16H2,1H3,(H,29,31). The number of aliphatic hydroxyl groups is 1. The highest BCUT2D eigenvalue weighted by atomic mass is 19.4. The van der Waals surface area contributed by atoms with Crippen molar-refractivity contribution in [2.75, 3.05) is 38.7 Å². The van der Waals surface area contributed by atoms with E-state index in [0.29, 0.717) is 30.0 Å². The van der Waals surface area contributed by atoms with Gasteiger partial charge in [-0.1, -0.05) is 12.1 Å². The summed E-state index contributed by atoms with van der Waals surface area (Å²) in [5.74, 6) is 1.58. The van der Waals surface area contributed by atoms with Gasteiger partial charge in [-0.15, -0.1) is 10.2 Å². The maximum atomic E-state index is 13.4. The Morgan fingerprint density at radius 1 is 1.03 bits per heavy atom. The van der Waals surface area contributed by atoms with Crippen LogP contribution in [-0.4, -0.2) is 59.7 Å². The molecule has 3 aromatic rings. The second-order valence-corrected chi connectivity index (χ2v) is 8.57. The van der Waals surface area contributed by atoms with Gasteiger partial charge in [0, 0.05) is 49.5 Å². The molecular formula is C25H29F3N4O3. The van der Waals surface area contributed by atoms with Crippen LogP contribution in [0.3, 0.4) is 0 Å². The van der Waals surface area contributed by atoms with Crippen molar-refractivity contribution in [2.45, 2.75) is 38.0 Å². The van der Waals surface area contributed by atoms with Crippen LogP contribution in [-0.2, 0) is 12.7 Å². The van der Waals surface area contributed by atoms with Gasteiger partial charge in [-0.2, -0.15) is 13.2 Å². The van der Waals surface area contributed by atoms with Crippen LogP contribution in [0.2, 0.25) is 0 Å². The molecule has 0 bridgehead atoms. The van der Waals surface area contributed by atoms with Crippen LogP contribution in [0.5, 0.6) is 11.5 Å². The molecule has 0 unspecified atom stereocenters. The van der Waals surface area contributed by atoms with Gasteiger partial charge in [0.2, 0.25) is 0 Å². The molecule has 1 fully saturated rings. The number of piperidine rings is 1. The van der Waals surface area contributed by atoms with Crippen LogP contribution in [0, 0.1) is 0 Å². The molecule has 7 nitrogen and oxygen atoms in total. The maximum absolute atomic E-state index is 13.4. The highest BCUT2D eigenvalue weighted by Gasteiger charge is 2.36. The van der Waals surface area contributed by atoms with Crippen molar-refractivity contribution >= 4 is 16.6 Å². The summed E-state index contributed by atoms with van der Waals surface area (Å²) < 4.78 is 51.1. The van der Waals surface area contributed by atoms with E-state index in [2.05, 4.69) is 20.4 Å². The summed E-state index contributed by atoms with van der Waals surface area (Å²) in [6.45, 7) is 3.10. The second-order valence-electron chi connectivity index (χ2n) is 8.57. The average Bonchev–Trinajstić information content (AvgIpc) is 2.85. The fourth-order valence-corrected chi connectivity index (χ4v) is 4.21. The molecule has 0 saturated carbocycles. The first-order chi connectivity index (χ1) is 16.9. The molecule has 188 valence electrons. The molecule has 0 amide bonds. The van der Waals surface area contributed by atoms with Gasteiger partial charge >= 0.3 is 6.18 Å². The minimum atomic E-state index is -4.59. The van der Waals surface area contributed by atoms with Crippen molar-refractivity contribution in [1.29, 1.82) is 0 Å². The molecule has 0 radical (unpaired) electrons. The van der Waals surface area contributed by atoms with Crippen molar-refractivity contribution < 1.29 is 27.8 Å². The van der Waals surface area contributed by atoms with E-state index in [1.54, 1.807) is 6.07 Å². The predicted octanol–water partition coefficient (Wildman–Crippen LogP) is 4.49. The SMILES string of the molecule is COc1ccc2c(C(F)(F)F)nnc(NC3CCN(Cc4ccc(OCCCO)cc4)CC3)c2c1. The van der Waals surface area contributed by atoms with Crippen molar-refractivity contribution in [3.63, 3.8) is 0 Å². The monoisotopic (exact) mass is 490 g/mol. The molecule has 0 aliphatic carbocycles. The Morgan fingerprint density at radius 3 is 2.40 bits per heavy atom. The molecule has 1 aliphatic heterocycles. The Balaban J connectivity index is 1.38. The summed E-state index contributed by atoms with van der Waals surface area (Å²) in [6.07, 6.45) is -2.33. The van der Waals surface area contributed by atoms with Gasteiger partial charge in [-0.3, -0.25) is 4.90 Å². The lowest BCUT2D eigenvalue weighted by molar-refractivity contribution is -0.140. The minimum absolute atomic E-state index is 0.00276. The smallest absolute Gasteiger partial charge is 0.435 e. The molecule has 4 rings (SSSR count). The van der Waals surface area contributed by atoms with Gasteiger partial charge in [-0.25, -0.2) is 0 Å². The van der Waals surface area contributed by atoms with E-state index < -0.39 is 11.9 Å². The van der Waals surface area contributed by atoms with Gasteiger partial charge in [-0.05, 0) is 48.7 Å². The Bertz CT molecular complexity index is 1120. The van der Waals surface area contributed by atoms with E-state index in [-0.39, 0.29) is 18.0 Å². The van der Waals surface area contributed by atoms with Crippen LogP contribution in [0.1, 0.15) is 30.5 Å². The normalized spacial score (nSPS) is 15.3. The first-order valence-corrected chi connectivity index (χ1v) is 11.6. The number of anilines is 1. The summed E-state index contributed by atoms with van der Waals surface area (Å²) in [4.78, 5) is 2.35. The van der Waals surface area contributed by atoms with Gasteiger partial charge in [0.25, 0.3) is 0 Å². The lowest BCUT2D eigenvalue weighted by atomic mass is 10.0. The van der Waals surface area contributed by atoms with Crippen molar-refractivity contribution in [3.8, 4) is 11.5 Å². The summed E-state index contributed by atoms with van der Waals surface area (Å²) in [5.41, 5.74) is 0.179. The summed E-state index contributed by atoms with van der Waals surface area (Å²) in [7, 11) is 1.47. The topological polar surface area (TPSA) is 79.7 Å². The third kappa shape index (κ3) is 6.32. The lowest BCUT2D eigenvalue weighted by Crippen LogP contribution is -2.38. The molecule has 10 heteroatoms. The molecule has 2 heterocycles. The Morgan fingerprint density at radius 2 is 1.74 bits per heavy atom. The van der Waals surface area contributed by atoms with Gasteiger partial charge in [0.05, 0.1) is 13.7 Å². The largest absolute Gasteiger partial charge is 0.497 e. The number of aliphatic hydroxyl groups excluding tert-OH is 1. The maximum Gasteiger partial charge on any atom is 0.435 e. The number of nitrogens with zero attached hydrogens (tertiary/aromatic N) is 3. The van der Waals surface area contributed by atoms with Gasteiger partial charge in [0.15, 0.2) is 11.5 Å². The van der Waals surface area contributed by atoms with E-state index in [1.807, 2.05) is 24.3 Å². The van der Waals surface area contributed by atoms with Crippen molar-refractivity contribution in [3.05, 3.63) is 53.7 Å². The van der Waals surface area contributed by atoms with Crippen LogP contribution < -0.4 is 14.8 Å². The fraction of sp³-hybridized carbons (Fsp3) is 0.440. The first kappa shape index (κ1) is 25.0. The van der Waals surface area contributed by atoms with Crippen LogP contribution in [0.25, 0.3) is 10.8 Å². The number of rotatable bonds is 9. The molecule has 1 aromatic heterocycles. The van der Waals surface area contributed by atoms with Gasteiger partial charge in [0.1, 0.15) is 11.5 Å². The molecule has 0 spiro atoms. The van der Waals surface area contributed by atoms with E-state index >= 15 is 0 Å². The number of ether oxygens (including phenoxy) is 2. The Kier molecular flexibility index (Phi) is 7.92. The predicted molar refractivity (Wildman–Crippen MR) is 127 cm³/mol. The number of benzene rings is 2. The van der Waals surface area contributed by atoms with E-state index in [0.717, 1.165) is 38.2 Å². The van der Waals surface area contributed by atoms with E-state index in [9.17, 15) is 13.2 Å². The minimum Gasteiger partial charge on any atom is -0.497 e. The zero-order valence-corrected chi connectivity index (χ0v) is 19.5. The third-order valence-corrected chi connectivity index (χ3v) is 6.08. The number of nitrogens with one attached hydrogen (secondary N) is 1. The first-order valence-electron chi connectivity index (χ1n) is 11.6. The number of fused-ring (bicyclic) bond motifs is 1. The number of hydrogen-bond donors (Lipinski definition) is 2. The highest BCUT2D eigenvalue weighted by molar-refractivity contribution is 5.94. The number of alkyl halides is 3. The van der Waals surface area contributed by atoms with E-state index in [4.69, 9.17) is 14.6 Å². The molecular weight excluding hydrogens is 461 g/mol. The summed E-state index contributed by atoms with van der Waals surface area (Å²) >= 11 is 0. The van der Waals surface area contributed by atoms with Crippen molar-refractivity contribution in [2.24, 2.45) is 0 Å². The quantitative estimate of drug-likeness (QED) is 0.428. The molecule has 0 atom stereocenters. The number of halogens is 3. The highest BCUT2D eigenvalue weighted by Crippen LogP contribution is 2.36. The Labute approximate surface area is 201 Å². The van der Waals surface area contributed by atoms with Crippen LogP contribution >= 0.6 is 0 Å². The molecule has 2 aromatic carbocycles. The van der Waals surface area contributed by atoms with E-state index in [1.165, 1.54) is 24.8 Å². The van der Waals surface area contributed by atoms with Gasteiger partial charge < -0.3 is 19.9 Å². The van der Waals surface area contributed by atoms with Crippen LogP contribution in [0.4, 0.5) is 19.0 Å². The zero-order valence-electron chi connectivity index (χ0n) is 19.5. The summed E-state index contributed by atoms with van der Waals surface area (Å²) in [5, 5.41) is 19.9. The number of hydrogen-bond acceptors (Lipinski definition) is 7. The van der Waals surface area contributed by atoms with Crippen LogP contribution in [0.15, 0.2) is 42.5 Å². The average molecular weight is 491 g/mol. The number of methoxy groups -OCH3 is 1. The zero-order chi connectivity index (χ0) is 24.8. The molecule has 1 saturated heterocycles. The second kappa shape index (κ2) is 11.1. The lowest BCUT2D eigenvalue weighted by Gasteiger charge is -2.32. The third-order valence-electron chi connectivity index (χ3n) is 6.08. The summed E-state index contributed by atoms with van der Waals surface area (Å²) in [6, 6.07) is 12.5.